The van der Waals surface area contributed by atoms with Crippen molar-refractivity contribution < 1.29 is 9.53 Å². The van der Waals surface area contributed by atoms with Gasteiger partial charge in [0.15, 0.2) is 0 Å². The molecule has 0 aliphatic carbocycles. The van der Waals surface area contributed by atoms with E-state index in [-0.39, 0.29) is 18.1 Å². The highest BCUT2D eigenvalue weighted by atomic mass is 16.5. The lowest BCUT2D eigenvalue weighted by Gasteiger charge is -2.26. The molecule has 0 bridgehead atoms. The maximum atomic E-state index is 12.4. The van der Waals surface area contributed by atoms with Crippen molar-refractivity contribution in [3.05, 3.63) is 18.1 Å². The first-order valence-electron chi connectivity index (χ1n) is 7.08. The van der Waals surface area contributed by atoms with Gasteiger partial charge in [-0.1, -0.05) is 6.92 Å². The van der Waals surface area contributed by atoms with Gasteiger partial charge in [0, 0.05) is 20.2 Å². The van der Waals surface area contributed by atoms with Gasteiger partial charge in [0.2, 0.25) is 0 Å². The number of carbonyl (C=O) groups is 1. The molecular formula is C14H22N4O2. The van der Waals surface area contributed by atoms with Gasteiger partial charge < -0.3 is 15.0 Å². The Bertz CT molecular complexity index is 449. The minimum Gasteiger partial charge on any atom is -0.376 e. The Hall–Kier alpha value is -1.69. The van der Waals surface area contributed by atoms with E-state index in [1.807, 2.05) is 6.92 Å². The molecule has 2 unspecified atom stereocenters. The van der Waals surface area contributed by atoms with E-state index < -0.39 is 0 Å². The smallest absolute Gasteiger partial charge is 0.274 e. The Morgan fingerprint density at radius 3 is 2.85 bits per heavy atom. The molecule has 2 heterocycles. The van der Waals surface area contributed by atoms with Crippen LogP contribution in [0.25, 0.3) is 0 Å². The van der Waals surface area contributed by atoms with E-state index in [4.69, 9.17) is 4.74 Å². The second-order valence-corrected chi connectivity index (χ2v) is 5.06. The van der Waals surface area contributed by atoms with Crippen LogP contribution in [0.15, 0.2) is 12.4 Å². The van der Waals surface area contributed by atoms with Crippen molar-refractivity contribution in [1.82, 2.24) is 14.9 Å². The van der Waals surface area contributed by atoms with E-state index in [2.05, 4.69) is 22.2 Å². The van der Waals surface area contributed by atoms with Crippen molar-refractivity contribution in [3.8, 4) is 0 Å². The van der Waals surface area contributed by atoms with Gasteiger partial charge in [-0.2, -0.15) is 0 Å². The third-order valence-corrected chi connectivity index (χ3v) is 3.58. The Morgan fingerprint density at radius 1 is 1.50 bits per heavy atom. The SMILES string of the molecule is CCCNc1cnc(C(=O)N(C)C2CCOC2C)cn1. The quantitative estimate of drug-likeness (QED) is 0.885. The van der Waals surface area contributed by atoms with Crippen LogP contribution in [0.4, 0.5) is 5.82 Å². The van der Waals surface area contributed by atoms with Crippen molar-refractivity contribution in [2.24, 2.45) is 0 Å². The van der Waals surface area contributed by atoms with Gasteiger partial charge in [0.05, 0.1) is 24.5 Å². The summed E-state index contributed by atoms with van der Waals surface area (Å²) < 4.78 is 5.50. The van der Waals surface area contributed by atoms with Gasteiger partial charge in [0.1, 0.15) is 11.5 Å². The summed E-state index contributed by atoms with van der Waals surface area (Å²) in [6, 6.07) is 0.113. The fourth-order valence-electron chi connectivity index (χ4n) is 2.34. The molecule has 1 N–H and O–H groups in total. The molecule has 20 heavy (non-hydrogen) atoms. The number of rotatable bonds is 5. The largest absolute Gasteiger partial charge is 0.376 e. The molecule has 1 aromatic rings. The molecule has 1 aliphatic heterocycles. The minimum atomic E-state index is -0.109. The molecule has 0 spiro atoms. The van der Waals surface area contributed by atoms with E-state index in [0.29, 0.717) is 18.1 Å². The average Bonchev–Trinajstić information content (AvgIpc) is 2.90. The molecule has 110 valence electrons. The number of likely N-dealkylation sites (N-methyl/N-ethyl adjacent to an activating group) is 1. The van der Waals surface area contributed by atoms with E-state index in [0.717, 1.165) is 19.4 Å². The van der Waals surface area contributed by atoms with E-state index in [9.17, 15) is 4.79 Å². The van der Waals surface area contributed by atoms with Crippen LogP contribution in [0.5, 0.6) is 0 Å². The minimum absolute atomic E-state index is 0.0717. The van der Waals surface area contributed by atoms with Crippen LogP contribution in [0.3, 0.4) is 0 Å². The van der Waals surface area contributed by atoms with E-state index >= 15 is 0 Å². The van der Waals surface area contributed by atoms with Crippen molar-refractivity contribution in [2.75, 3.05) is 25.5 Å². The first-order valence-corrected chi connectivity index (χ1v) is 7.08. The highest BCUT2D eigenvalue weighted by Crippen LogP contribution is 2.19. The first kappa shape index (κ1) is 14.7. The van der Waals surface area contributed by atoms with Crippen LogP contribution in [-0.2, 0) is 4.74 Å². The zero-order chi connectivity index (χ0) is 14.5. The summed E-state index contributed by atoms with van der Waals surface area (Å²) in [4.78, 5) is 22.5. The van der Waals surface area contributed by atoms with Crippen LogP contribution in [-0.4, -0.2) is 53.1 Å². The Balaban J connectivity index is 2.01. The number of hydrogen-bond acceptors (Lipinski definition) is 5. The second kappa shape index (κ2) is 6.65. The maximum Gasteiger partial charge on any atom is 0.274 e. The van der Waals surface area contributed by atoms with E-state index in [1.165, 1.54) is 6.20 Å². The Morgan fingerprint density at radius 2 is 2.30 bits per heavy atom. The molecule has 0 saturated carbocycles. The van der Waals surface area contributed by atoms with Crippen LogP contribution in [0.2, 0.25) is 0 Å². The molecule has 6 nitrogen and oxygen atoms in total. The van der Waals surface area contributed by atoms with Gasteiger partial charge in [-0.25, -0.2) is 9.97 Å². The fourth-order valence-corrected chi connectivity index (χ4v) is 2.34. The molecule has 1 amide bonds. The molecule has 2 rings (SSSR count). The zero-order valence-corrected chi connectivity index (χ0v) is 12.3. The molecule has 2 atom stereocenters. The van der Waals surface area contributed by atoms with Gasteiger partial charge in [0.25, 0.3) is 5.91 Å². The molecule has 6 heteroatoms. The molecule has 1 saturated heterocycles. The lowest BCUT2D eigenvalue weighted by Crippen LogP contribution is -2.41. The third-order valence-electron chi connectivity index (χ3n) is 3.58. The predicted octanol–water partition coefficient (Wildman–Crippen LogP) is 1.55. The molecular weight excluding hydrogens is 256 g/mol. The topological polar surface area (TPSA) is 67.4 Å². The summed E-state index contributed by atoms with van der Waals surface area (Å²) in [5.41, 5.74) is 0.369. The van der Waals surface area contributed by atoms with Crippen molar-refractivity contribution in [3.63, 3.8) is 0 Å². The number of ether oxygens (including phenoxy) is 1. The maximum absolute atomic E-state index is 12.4. The molecule has 1 aromatic heterocycles. The second-order valence-electron chi connectivity index (χ2n) is 5.06. The standard InChI is InChI=1S/C14H22N4O2/c1-4-6-15-13-9-16-11(8-17-13)14(19)18(3)12-5-7-20-10(12)2/h8-10,12H,4-7H2,1-3H3,(H,15,17). The normalized spacial score (nSPS) is 21.8. The summed E-state index contributed by atoms with van der Waals surface area (Å²) >= 11 is 0. The van der Waals surface area contributed by atoms with Crippen molar-refractivity contribution in [2.45, 2.75) is 38.8 Å². The third kappa shape index (κ3) is 3.25. The number of amides is 1. The Labute approximate surface area is 119 Å². The number of carbonyl (C=O) groups excluding carboxylic acids is 1. The van der Waals surface area contributed by atoms with Gasteiger partial charge in [-0.15, -0.1) is 0 Å². The number of aromatic nitrogens is 2. The number of nitrogens with zero attached hydrogens (tertiary/aromatic N) is 3. The van der Waals surface area contributed by atoms with Crippen molar-refractivity contribution >= 4 is 11.7 Å². The predicted molar refractivity (Wildman–Crippen MR) is 76.7 cm³/mol. The zero-order valence-electron chi connectivity index (χ0n) is 12.3. The van der Waals surface area contributed by atoms with Crippen LogP contribution < -0.4 is 5.32 Å². The van der Waals surface area contributed by atoms with Crippen molar-refractivity contribution in [1.29, 1.82) is 0 Å². The summed E-state index contributed by atoms with van der Waals surface area (Å²) in [7, 11) is 1.79. The average molecular weight is 278 g/mol. The van der Waals surface area contributed by atoms with E-state index in [1.54, 1.807) is 18.1 Å². The molecule has 1 aliphatic rings. The number of anilines is 1. The highest BCUT2D eigenvalue weighted by molar-refractivity contribution is 5.92. The van der Waals surface area contributed by atoms with Crippen LogP contribution in [0, 0.1) is 0 Å². The van der Waals surface area contributed by atoms with Gasteiger partial charge >= 0.3 is 0 Å². The monoisotopic (exact) mass is 278 g/mol. The lowest BCUT2D eigenvalue weighted by atomic mass is 10.1. The number of nitrogens with one attached hydrogen (secondary N) is 1. The number of hydrogen-bond donors (Lipinski definition) is 1. The summed E-state index contributed by atoms with van der Waals surface area (Å²) in [5.74, 6) is 0.588. The highest BCUT2D eigenvalue weighted by Gasteiger charge is 2.31. The summed E-state index contributed by atoms with van der Waals surface area (Å²) in [6.07, 6.45) is 5.09. The molecule has 0 radical (unpaired) electrons. The summed E-state index contributed by atoms with van der Waals surface area (Å²) in [5, 5.41) is 3.13. The van der Waals surface area contributed by atoms with Gasteiger partial charge in [-0.3, -0.25) is 4.79 Å². The lowest BCUT2D eigenvalue weighted by molar-refractivity contribution is 0.0569. The Kier molecular flexibility index (Phi) is 4.89. The van der Waals surface area contributed by atoms with Crippen LogP contribution in [0.1, 0.15) is 37.2 Å². The molecule has 1 fully saturated rings. The van der Waals surface area contributed by atoms with Gasteiger partial charge in [-0.05, 0) is 19.8 Å². The molecule has 0 aromatic carbocycles. The summed E-state index contributed by atoms with van der Waals surface area (Å²) in [6.45, 7) is 5.62. The first-order chi connectivity index (χ1) is 9.63. The fraction of sp³-hybridized carbons (Fsp3) is 0.643. The van der Waals surface area contributed by atoms with Crippen LogP contribution >= 0.6 is 0 Å².